The Bertz CT molecular complexity index is 702. The van der Waals surface area contributed by atoms with Crippen LogP contribution in [0.4, 0.5) is 0 Å². The van der Waals surface area contributed by atoms with Gasteiger partial charge in [0.1, 0.15) is 17.3 Å². The number of rotatable bonds is 4. The number of amides is 1. The van der Waals surface area contributed by atoms with Crippen LogP contribution in [0.15, 0.2) is 28.7 Å². The van der Waals surface area contributed by atoms with Gasteiger partial charge in [0.25, 0.3) is 5.91 Å². The first-order chi connectivity index (χ1) is 10.5. The molecule has 116 valence electrons. The summed E-state index contributed by atoms with van der Waals surface area (Å²) < 4.78 is 10.9. The number of hydrogen-bond acceptors (Lipinski definition) is 3. The highest BCUT2D eigenvalue weighted by Gasteiger charge is 2.17. The molecule has 4 heteroatoms. The van der Waals surface area contributed by atoms with E-state index < -0.39 is 0 Å². The third-order valence-corrected chi connectivity index (χ3v) is 3.96. The van der Waals surface area contributed by atoms with Gasteiger partial charge in [0.2, 0.25) is 0 Å². The third kappa shape index (κ3) is 3.01. The maximum absolute atomic E-state index is 12.3. The molecule has 0 saturated carbocycles. The zero-order valence-corrected chi connectivity index (χ0v) is 13.2. The molecule has 1 aliphatic rings. The minimum absolute atomic E-state index is 0.0578. The first-order valence-corrected chi connectivity index (χ1v) is 7.65. The Kier molecular flexibility index (Phi) is 3.92. The maximum Gasteiger partial charge on any atom is 0.255 e. The summed E-state index contributed by atoms with van der Waals surface area (Å²) in [6, 6.07) is 8.11. The van der Waals surface area contributed by atoms with E-state index in [1.54, 1.807) is 6.07 Å². The second-order valence-electron chi connectivity index (χ2n) is 5.95. The maximum atomic E-state index is 12.3. The van der Waals surface area contributed by atoms with Gasteiger partial charge in [-0.1, -0.05) is 12.1 Å². The molecule has 1 N–H and O–H groups in total. The average molecular weight is 299 g/mol. The molecule has 0 spiro atoms. The lowest BCUT2D eigenvalue weighted by atomic mass is 10.0. The molecule has 0 bridgehead atoms. The van der Waals surface area contributed by atoms with Crippen molar-refractivity contribution in [2.75, 3.05) is 6.61 Å². The van der Waals surface area contributed by atoms with Gasteiger partial charge in [-0.25, -0.2) is 0 Å². The molecule has 0 saturated heterocycles. The Morgan fingerprint density at radius 1 is 1.32 bits per heavy atom. The minimum Gasteiger partial charge on any atom is -0.493 e. The fraction of sp³-hybridized carbons (Fsp3) is 0.389. The fourth-order valence-electron chi connectivity index (χ4n) is 2.93. The summed E-state index contributed by atoms with van der Waals surface area (Å²) in [6.07, 6.45) is 1.77. The summed E-state index contributed by atoms with van der Waals surface area (Å²) in [6.45, 7) is 6.45. The third-order valence-electron chi connectivity index (χ3n) is 3.96. The first kappa shape index (κ1) is 14.7. The number of carbonyl (C=O) groups excluding carboxylic acids is 1. The SMILES string of the molecule is Cc1cc(C(=O)N[C@@H](C)Cc2ccc3c(c2)CCO3)c(C)o1. The van der Waals surface area contributed by atoms with Gasteiger partial charge < -0.3 is 14.5 Å². The number of carbonyl (C=O) groups is 1. The van der Waals surface area contributed by atoms with E-state index >= 15 is 0 Å². The highest BCUT2D eigenvalue weighted by Crippen LogP contribution is 2.26. The van der Waals surface area contributed by atoms with Gasteiger partial charge in [-0.05, 0) is 50.5 Å². The van der Waals surface area contributed by atoms with Gasteiger partial charge in [0.05, 0.1) is 12.2 Å². The van der Waals surface area contributed by atoms with E-state index in [1.807, 2.05) is 26.8 Å². The highest BCUT2D eigenvalue weighted by atomic mass is 16.5. The van der Waals surface area contributed by atoms with Crippen LogP contribution >= 0.6 is 0 Å². The van der Waals surface area contributed by atoms with Crippen molar-refractivity contribution < 1.29 is 13.9 Å². The van der Waals surface area contributed by atoms with Crippen molar-refractivity contribution in [2.24, 2.45) is 0 Å². The van der Waals surface area contributed by atoms with E-state index in [1.165, 1.54) is 11.1 Å². The second-order valence-corrected chi connectivity index (χ2v) is 5.95. The number of ether oxygens (including phenoxy) is 1. The quantitative estimate of drug-likeness (QED) is 0.943. The fourth-order valence-corrected chi connectivity index (χ4v) is 2.93. The molecule has 1 aromatic carbocycles. The van der Waals surface area contributed by atoms with Crippen molar-refractivity contribution in [3.63, 3.8) is 0 Å². The highest BCUT2D eigenvalue weighted by molar-refractivity contribution is 5.95. The number of aryl methyl sites for hydroxylation is 2. The van der Waals surface area contributed by atoms with Crippen LogP contribution in [0.1, 0.15) is 39.9 Å². The van der Waals surface area contributed by atoms with E-state index in [-0.39, 0.29) is 11.9 Å². The molecule has 2 aromatic rings. The minimum atomic E-state index is -0.0775. The van der Waals surface area contributed by atoms with Crippen LogP contribution in [-0.4, -0.2) is 18.6 Å². The second kappa shape index (κ2) is 5.87. The summed E-state index contributed by atoms with van der Waals surface area (Å²) in [4.78, 5) is 12.3. The summed E-state index contributed by atoms with van der Waals surface area (Å²) in [5, 5.41) is 3.04. The van der Waals surface area contributed by atoms with Gasteiger partial charge in [-0.2, -0.15) is 0 Å². The van der Waals surface area contributed by atoms with Crippen molar-refractivity contribution >= 4 is 5.91 Å². The number of hydrogen-bond donors (Lipinski definition) is 1. The molecular weight excluding hydrogens is 278 g/mol. The molecule has 1 aromatic heterocycles. The smallest absolute Gasteiger partial charge is 0.255 e. The van der Waals surface area contributed by atoms with Crippen LogP contribution in [0.3, 0.4) is 0 Å². The Labute approximate surface area is 130 Å². The largest absolute Gasteiger partial charge is 0.493 e. The predicted molar refractivity (Wildman–Crippen MR) is 84.5 cm³/mol. The summed E-state index contributed by atoms with van der Waals surface area (Å²) in [5.41, 5.74) is 3.10. The Morgan fingerprint density at radius 2 is 2.14 bits per heavy atom. The van der Waals surface area contributed by atoms with E-state index in [9.17, 15) is 4.79 Å². The zero-order chi connectivity index (χ0) is 15.7. The van der Waals surface area contributed by atoms with Crippen LogP contribution in [0, 0.1) is 13.8 Å². The molecule has 4 nitrogen and oxygen atoms in total. The molecular formula is C18H21NO3. The first-order valence-electron chi connectivity index (χ1n) is 7.65. The number of fused-ring (bicyclic) bond motifs is 1. The number of nitrogens with one attached hydrogen (secondary N) is 1. The topological polar surface area (TPSA) is 51.5 Å². The monoisotopic (exact) mass is 299 g/mol. The van der Waals surface area contributed by atoms with Crippen LogP contribution in [-0.2, 0) is 12.8 Å². The van der Waals surface area contributed by atoms with Crippen LogP contribution in [0.25, 0.3) is 0 Å². The van der Waals surface area contributed by atoms with Crippen molar-refractivity contribution in [1.29, 1.82) is 0 Å². The van der Waals surface area contributed by atoms with E-state index in [2.05, 4.69) is 17.4 Å². The Hall–Kier alpha value is -2.23. The van der Waals surface area contributed by atoms with Crippen molar-refractivity contribution in [2.45, 2.75) is 39.7 Å². The summed E-state index contributed by atoms with van der Waals surface area (Å²) in [7, 11) is 0. The number of furan rings is 1. The molecule has 3 rings (SSSR count). The lowest BCUT2D eigenvalue weighted by Gasteiger charge is -2.14. The standard InChI is InChI=1S/C18H21NO3/c1-11(19-18(20)16-9-12(2)22-13(16)3)8-14-4-5-17-15(10-14)6-7-21-17/h4-5,9-11H,6-8H2,1-3H3,(H,19,20)/t11-/m0/s1. The molecule has 22 heavy (non-hydrogen) atoms. The van der Waals surface area contributed by atoms with Crippen molar-refractivity contribution in [3.8, 4) is 5.75 Å². The predicted octanol–water partition coefficient (Wildman–Crippen LogP) is 3.19. The molecule has 1 amide bonds. The van der Waals surface area contributed by atoms with E-state index in [4.69, 9.17) is 9.15 Å². The van der Waals surface area contributed by atoms with Crippen molar-refractivity contribution in [1.82, 2.24) is 5.32 Å². The van der Waals surface area contributed by atoms with Gasteiger partial charge in [-0.3, -0.25) is 4.79 Å². The summed E-state index contributed by atoms with van der Waals surface area (Å²) >= 11 is 0. The Balaban J connectivity index is 1.64. The average Bonchev–Trinajstić information content (AvgIpc) is 3.04. The molecule has 1 aliphatic heterocycles. The van der Waals surface area contributed by atoms with Gasteiger partial charge in [0.15, 0.2) is 0 Å². The van der Waals surface area contributed by atoms with E-state index in [0.29, 0.717) is 11.3 Å². The molecule has 1 atom stereocenters. The van der Waals surface area contributed by atoms with Gasteiger partial charge >= 0.3 is 0 Å². The number of benzene rings is 1. The van der Waals surface area contributed by atoms with Crippen molar-refractivity contribution in [3.05, 3.63) is 52.5 Å². The molecule has 0 unspecified atom stereocenters. The van der Waals surface area contributed by atoms with Crippen LogP contribution in [0.2, 0.25) is 0 Å². The lowest BCUT2D eigenvalue weighted by Crippen LogP contribution is -2.34. The van der Waals surface area contributed by atoms with Gasteiger partial charge in [0, 0.05) is 12.5 Å². The Morgan fingerprint density at radius 3 is 2.86 bits per heavy atom. The summed E-state index contributed by atoms with van der Waals surface area (Å²) in [5.74, 6) is 2.34. The molecule has 0 fully saturated rings. The molecule has 0 radical (unpaired) electrons. The van der Waals surface area contributed by atoms with Crippen LogP contribution < -0.4 is 10.1 Å². The van der Waals surface area contributed by atoms with E-state index in [0.717, 1.165) is 31.0 Å². The lowest BCUT2D eigenvalue weighted by molar-refractivity contribution is 0.0938. The van der Waals surface area contributed by atoms with Crippen LogP contribution in [0.5, 0.6) is 5.75 Å². The van der Waals surface area contributed by atoms with Gasteiger partial charge in [-0.15, -0.1) is 0 Å². The molecule has 2 heterocycles. The normalized spacial score (nSPS) is 14.3. The zero-order valence-electron chi connectivity index (χ0n) is 13.2. The molecule has 0 aliphatic carbocycles.